The van der Waals surface area contributed by atoms with Crippen LogP contribution in [0.15, 0.2) is 6.20 Å². The summed E-state index contributed by atoms with van der Waals surface area (Å²) in [4.78, 5) is 13.9. The fraction of sp³-hybridized carbons (Fsp3) is 0.733. The number of aliphatic hydroxyl groups excluding tert-OH is 1. The van der Waals surface area contributed by atoms with Crippen molar-refractivity contribution in [1.82, 2.24) is 14.7 Å². The van der Waals surface area contributed by atoms with Crippen LogP contribution in [0.4, 0.5) is 23.7 Å². The van der Waals surface area contributed by atoms with Gasteiger partial charge in [-0.25, -0.2) is 4.79 Å². The topological polar surface area (TPSA) is 70.4 Å². The quantitative estimate of drug-likeness (QED) is 0.863. The number of aryl methyl sites for hydroxylation is 1. The number of amides is 2. The van der Waals surface area contributed by atoms with Crippen LogP contribution in [0.25, 0.3) is 0 Å². The van der Waals surface area contributed by atoms with Gasteiger partial charge in [-0.2, -0.15) is 18.3 Å². The van der Waals surface area contributed by atoms with Crippen LogP contribution < -0.4 is 5.32 Å². The Morgan fingerprint density at radius 1 is 1.50 bits per heavy atom. The summed E-state index contributed by atoms with van der Waals surface area (Å²) in [5.74, 6) is 0. The van der Waals surface area contributed by atoms with E-state index in [0.29, 0.717) is 25.9 Å². The molecule has 1 unspecified atom stereocenters. The second-order valence-electron chi connectivity index (χ2n) is 6.88. The first-order valence-electron chi connectivity index (χ1n) is 7.90. The molecule has 0 aromatic carbocycles. The van der Waals surface area contributed by atoms with E-state index in [4.69, 9.17) is 0 Å². The molecule has 1 aromatic rings. The number of halogens is 3. The molecule has 1 saturated heterocycles. The largest absolute Gasteiger partial charge is 0.435 e. The van der Waals surface area contributed by atoms with Gasteiger partial charge in [0.25, 0.3) is 0 Å². The summed E-state index contributed by atoms with van der Waals surface area (Å²) < 4.78 is 40.4. The van der Waals surface area contributed by atoms with Gasteiger partial charge in [0.05, 0.1) is 18.0 Å². The van der Waals surface area contributed by atoms with Gasteiger partial charge in [-0.15, -0.1) is 0 Å². The van der Waals surface area contributed by atoms with E-state index in [0.717, 1.165) is 10.9 Å². The van der Waals surface area contributed by atoms with Crippen molar-refractivity contribution in [3.63, 3.8) is 0 Å². The molecule has 9 heteroatoms. The van der Waals surface area contributed by atoms with Crippen LogP contribution in [0, 0.1) is 5.41 Å². The number of anilines is 1. The monoisotopic (exact) mass is 348 g/mol. The Morgan fingerprint density at radius 2 is 2.17 bits per heavy atom. The first-order chi connectivity index (χ1) is 11.0. The van der Waals surface area contributed by atoms with Gasteiger partial charge in [0.1, 0.15) is 0 Å². The minimum atomic E-state index is -4.61. The Bertz CT molecular complexity index is 598. The summed E-state index contributed by atoms with van der Waals surface area (Å²) in [6, 6.07) is -0.613. The lowest BCUT2D eigenvalue weighted by Gasteiger charge is -2.29. The summed E-state index contributed by atoms with van der Waals surface area (Å²) in [6.45, 7) is 6.08. The Morgan fingerprint density at radius 3 is 2.75 bits per heavy atom. The van der Waals surface area contributed by atoms with Gasteiger partial charge in [0.15, 0.2) is 5.69 Å². The number of carbonyl (C=O) groups excluding carboxylic acids is 1. The number of nitrogens with one attached hydrogen (secondary N) is 1. The molecular weight excluding hydrogens is 325 g/mol. The number of alkyl halides is 3. The van der Waals surface area contributed by atoms with E-state index in [1.54, 1.807) is 6.92 Å². The zero-order chi connectivity index (χ0) is 18.1. The lowest BCUT2D eigenvalue weighted by molar-refractivity contribution is -0.143. The standard InChI is InChI=1S/C15H23F3N4O2/c1-4-22-12(15(16,17)18)11(8-19-22)20-13(24)21-6-5-10(23)7-14(2,3)9-21/h8,10,23H,4-7,9H2,1-3H3,(H,20,24). The lowest BCUT2D eigenvalue weighted by Crippen LogP contribution is -2.40. The molecule has 2 heterocycles. The van der Waals surface area contributed by atoms with E-state index in [9.17, 15) is 23.1 Å². The van der Waals surface area contributed by atoms with Crippen molar-refractivity contribution < 1.29 is 23.1 Å². The molecule has 0 radical (unpaired) electrons. The first-order valence-corrected chi connectivity index (χ1v) is 7.90. The van der Waals surface area contributed by atoms with E-state index < -0.39 is 24.0 Å². The van der Waals surface area contributed by atoms with Gasteiger partial charge in [0.2, 0.25) is 0 Å². The third-order valence-corrected chi connectivity index (χ3v) is 4.08. The number of hydrogen-bond donors (Lipinski definition) is 2. The van der Waals surface area contributed by atoms with Crippen molar-refractivity contribution in [2.75, 3.05) is 18.4 Å². The molecule has 1 atom stereocenters. The molecule has 1 aromatic heterocycles. The van der Waals surface area contributed by atoms with Crippen LogP contribution in [0.1, 0.15) is 39.3 Å². The van der Waals surface area contributed by atoms with Gasteiger partial charge >= 0.3 is 12.2 Å². The molecular formula is C15H23F3N4O2. The van der Waals surface area contributed by atoms with Crippen molar-refractivity contribution in [2.24, 2.45) is 5.41 Å². The van der Waals surface area contributed by atoms with Crippen LogP contribution in [-0.2, 0) is 12.7 Å². The number of aromatic nitrogens is 2. The highest BCUT2D eigenvalue weighted by molar-refractivity contribution is 5.90. The average Bonchev–Trinajstić information content (AvgIpc) is 2.78. The third-order valence-electron chi connectivity index (χ3n) is 4.08. The van der Waals surface area contributed by atoms with Gasteiger partial charge in [-0.05, 0) is 25.2 Å². The third kappa shape index (κ3) is 4.19. The predicted molar refractivity (Wildman–Crippen MR) is 82.5 cm³/mol. The van der Waals surface area contributed by atoms with E-state index in [2.05, 4.69) is 10.4 Å². The summed E-state index contributed by atoms with van der Waals surface area (Å²) in [5.41, 5.74) is -1.63. The maximum atomic E-state index is 13.2. The highest BCUT2D eigenvalue weighted by Gasteiger charge is 2.39. The molecule has 6 nitrogen and oxygen atoms in total. The molecule has 0 aliphatic carbocycles. The molecule has 0 bridgehead atoms. The van der Waals surface area contributed by atoms with Crippen molar-refractivity contribution >= 4 is 11.7 Å². The first kappa shape index (κ1) is 18.6. The molecule has 1 aliphatic rings. The molecule has 2 rings (SSSR count). The Labute approximate surface area is 138 Å². The smallest absolute Gasteiger partial charge is 0.393 e. The van der Waals surface area contributed by atoms with Crippen LogP contribution in [0.2, 0.25) is 0 Å². The van der Waals surface area contributed by atoms with Crippen molar-refractivity contribution in [2.45, 2.75) is 52.4 Å². The van der Waals surface area contributed by atoms with Crippen molar-refractivity contribution in [1.29, 1.82) is 0 Å². The second kappa shape index (κ2) is 6.62. The van der Waals surface area contributed by atoms with E-state index in [1.165, 1.54) is 4.90 Å². The number of likely N-dealkylation sites (tertiary alicyclic amines) is 1. The van der Waals surface area contributed by atoms with E-state index >= 15 is 0 Å². The SMILES string of the molecule is CCn1ncc(NC(=O)N2CCC(O)CC(C)(C)C2)c1C(F)(F)F. The summed E-state index contributed by atoms with van der Waals surface area (Å²) in [6.07, 6.45) is -3.17. The molecule has 2 N–H and O–H groups in total. The van der Waals surface area contributed by atoms with Crippen molar-refractivity contribution in [3.05, 3.63) is 11.9 Å². The maximum Gasteiger partial charge on any atom is 0.435 e. The average molecular weight is 348 g/mol. The predicted octanol–water partition coefficient (Wildman–Crippen LogP) is 2.94. The van der Waals surface area contributed by atoms with Gasteiger partial charge in [0, 0.05) is 19.6 Å². The summed E-state index contributed by atoms with van der Waals surface area (Å²) in [7, 11) is 0. The number of carbonyl (C=O) groups is 1. The molecule has 2 amide bonds. The highest BCUT2D eigenvalue weighted by atomic mass is 19.4. The number of rotatable bonds is 2. The molecule has 1 fully saturated rings. The molecule has 24 heavy (non-hydrogen) atoms. The van der Waals surface area contributed by atoms with Crippen LogP contribution in [-0.4, -0.2) is 45.0 Å². The number of nitrogens with zero attached hydrogens (tertiary/aromatic N) is 3. The van der Waals surface area contributed by atoms with Gasteiger partial charge in [-0.3, -0.25) is 4.68 Å². The van der Waals surface area contributed by atoms with Crippen LogP contribution >= 0.6 is 0 Å². The lowest BCUT2D eigenvalue weighted by atomic mass is 9.87. The minimum Gasteiger partial charge on any atom is -0.393 e. The number of urea groups is 1. The normalized spacial score (nSPS) is 21.5. The van der Waals surface area contributed by atoms with Gasteiger partial charge in [-0.1, -0.05) is 13.8 Å². The Kier molecular flexibility index (Phi) is 5.12. The second-order valence-corrected chi connectivity index (χ2v) is 6.88. The Hall–Kier alpha value is -1.77. The summed E-state index contributed by atoms with van der Waals surface area (Å²) in [5, 5.41) is 15.9. The zero-order valence-electron chi connectivity index (χ0n) is 14.0. The van der Waals surface area contributed by atoms with E-state index in [1.807, 2.05) is 13.8 Å². The number of hydrogen-bond acceptors (Lipinski definition) is 3. The fourth-order valence-electron chi connectivity index (χ4n) is 3.09. The molecule has 1 aliphatic heterocycles. The van der Waals surface area contributed by atoms with Crippen molar-refractivity contribution in [3.8, 4) is 0 Å². The van der Waals surface area contributed by atoms with E-state index in [-0.39, 0.29) is 17.6 Å². The minimum absolute atomic E-state index is 0.0493. The zero-order valence-corrected chi connectivity index (χ0v) is 14.0. The molecule has 0 saturated carbocycles. The van der Waals surface area contributed by atoms with Crippen LogP contribution in [0.3, 0.4) is 0 Å². The highest BCUT2D eigenvalue weighted by Crippen LogP contribution is 2.35. The maximum absolute atomic E-state index is 13.2. The fourth-order valence-corrected chi connectivity index (χ4v) is 3.09. The van der Waals surface area contributed by atoms with Crippen LogP contribution in [0.5, 0.6) is 0 Å². The molecule has 136 valence electrons. The molecule has 0 spiro atoms. The Balaban J connectivity index is 2.19. The number of aliphatic hydroxyl groups is 1. The summed E-state index contributed by atoms with van der Waals surface area (Å²) >= 11 is 0. The van der Waals surface area contributed by atoms with Gasteiger partial charge < -0.3 is 15.3 Å².